The van der Waals surface area contributed by atoms with E-state index in [2.05, 4.69) is 35.9 Å². The molecule has 0 atom stereocenters. The predicted octanol–water partition coefficient (Wildman–Crippen LogP) is 4.07. The van der Waals surface area contributed by atoms with E-state index in [-0.39, 0.29) is 5.82 Å². The van der Waals surface area contributed by atoms with Gasteiger partial charge in [0.05, 0.1) is 26.5 Å². The number of nitrogens with zero attached hydrogens (tertiary/aromatic N) is 3. The number of aromatic amines is 1. The summed E-state index contributed by atoms with van der Waals surface area (Å²) in [5.41, 5.74) is 3.74. The van der Waals surface area contributed by atoms with Crippen LogP contribution < -0.4 is 0 Å². The van der Waals surface area contributed by atoms with Crippen molar-refractivity contribution in [2.75, 3.05) is 0 Å². The Labute approximate surface area is 127 Å². The van der Waals surface area contributed by atoms with Crippen molar-refractivity contribution in [1.29, 1.82) is 0 Å². The van der Waals surface area contributed by atoms with Crippen LogP contribution in [-0.4, -0.2) is 19.9 Å². The molecule has 102 valence electrons. The minimum Gasteiger partial charge on any atom is -0.338 e. The van der Waals surface area contributed by atoms with Gasteiger partial charge in [0.1, 0.15) is 11.6 Å². The highest BCUT2D eigenvalue weighted by atomic mass is 79.9. The van der Waals surface area contributed by atoms with E-state index in [4.69, 9.17) is 0 Å². The van der Waals surface area contributed by atoms with E-state index in [1.54, 1.807) is 18.5 Å². The van der Waals surface area contributed by atoms with Gasteiger partial charge in [0, 0.05) is 24.0 Å². The maximum atomic E-state index is 13.6. The minimum absolute atomic E-state index is 0.324. The lowest BCUT2D eigenvalue weighted by Gasteiger charge is -2.01. The first-order valence-electron chi connectivity index (χ1n) is 6.27. The Balaban J connectivity index is 2.00. The summed E-state index contributed by atoms with van der Waals surface area (Å²) in [5.74, 6) is 0.323. The van der Waals surface area contributed by atoms with Crippen molar-refractivity contribution in [2.24, 2.45) is 0 Å². The molecule has 0 unspecified atom stereocenters. The molecule has 2 aromatic carbocycles. The Morgan fingerprint density at radius 1 is 1.05 bits per heavy atom. The highest BCUT2D eigenvalue weighted by Gasteiger charge is 2.12. The second kappa shape index (κ2) is 4.60. The predicted molar refractivity (Wildman–Crippen MR) is 82.3 cm³/mol. The lowest BCUT2D eigenvalue weighted by atomic mass is 10.1. The van der Waals surface area contributed by atoms with E-state index in [0.29, 0.717) is 21.3 Å². The van der Waals surface area contributed by atoms with Crippen LogP contribution in [0, 0.1) is 5.82 Å². The van der Waals surface area contributed by atoms with Gasteiger partial charge in [-0.1, -0.05) is 6.07 Å². The third-order valence-corrected chi connectivity index (χ3v) is 3.89. The van der Waals surface area contributed by atoms with Crippen LogP contribution in [0.2, 0.25) is 0 Å². The fourth-order valence-electron chi connectivity index (χ4n) is 2.32. The molecule has 1 N–H and O–H groups in total. The monoisotopic (exact) mass is 342 g/mol. The fraction of sp³-hybridized carbons (Fsp3) is 0. The first kappa shape index (κ1) is 12.4. The smallest absolute Gasteiger partial charge is 0.140 e. The first-order chi connectivity index (χ1) is 10.2. The number of imidazole rings is 1. The summed E-state index contributed by atoms with van der Waals surface area (Å²) in [5, 5.41) is 0. The molecule has 4 nitrogen and oxygen atoms in total. The largest absolute Gasteiger partial charge is 0.338 e. The molecule has 4 aromatic rings. The molecule has 0 saturated carbocycles. The van der Waals surface area contributed by atoms with Crippen LogP contribution in [-0.2, 0) is 0 Å². The van der Waals surface area contributed by atoms with Gasteiger partial charge < -0.3 is 4.98 Å². The zero-order chi connectivity index (χ0) is 14.4. The van der Waals surface area contributed by atoms with Gasteiger partial charge >= 0.3 is 0 Å². The fourth-order valence-corrected chi connectivity index (χ4v) is 2.65. The van der Waals surface area contributed by atoms with Gasteiger partial charge in [-0.15, -0.1) is 0 Å². The summed E-state index contributed by atoms with van der Waals surface area (Å²) >= 11 is 3.17. The summed E-state index contributed by atoms with van der Waals surface area (Å²) in [6.07, 6.45) is 3.29. The molecule has 2 aromatic heterocycles. The Hall–Kier alpha value is -2.34. The van der Waals surface area contributed by atoms with Gasteiger partial charge in [0.25, 0.3) is 0 Å². The van der Waals surface area contributed by atoms with Crippen LogP contribution in [0.4, 0.5) is 4.39 Å². The molecule has 0 aliphatic heterocycles. The van der Waals surface area contributed by atoms with Gasteiger partial charge in [0.2, 0.25) is 0 Å². The molecule has 0 spiro atoms. The lowest BCUT2D eigenvalue weighted by molar-refractivity contribution is 0.623. The van der Waals surface area contributed by atoms with Crippen molar-refractivity contribution in [3.63, 3.8) is 0 Å². The highest BCUT2D eigenvalue weighted by Crippen LogP contribution is 2.28. The number of rotatable bonds is 1. The number of nitrogens with one attached hydrogen (secondary N) is 1. The zero-order valence-electron chi connectivity index (χ0n) is 10.6. The highest BCUT2D eigenvalue weighted by molar-refractivity contribution is 9.10. The van der Waals surface area contributed by atoms with E-state index in [1.165, 1.54) is 6.07 Å². The van der Waals surface area contributed by atoms with Crippen LogP contribution in [0.5, 0.6) is 0 Å². The number of H-pyrrole nitrogens is 1. The summed E-state index contributed by atoms with van der Waals surface area (Å²) in [6, 6.07) is 8.79. The number of para-hydroxylation sites is 1. The molecule has 6 heteroatoms. The van der Waals surface area contributed by atoms with Gasteiger partial charge in [-0.3, -0.25) is 9.97 Å². The second-order valence-corrected chi connectivity index (χ2v) is 5.45. The Kier molecular flexibility index (Phi) is 2.71. The molecular weight excluding hydrogens is 335 g/mol. The molecule has 0 aliphatic rings. The maximum Gasteiger partial charge on any atom is 0.140 e. The maximum absolute atomic E-state index is 13.6. The van der Waals surface area contributed by atoms with Crippen molar-refractivity contribution < 1.29 is 4.39 Å². The van der Waals surface area contributed by atoms with Crippen molar-refractivity contribution in [3.05, 3.63) is 53.0 Å². The standard InChI is InChI=1S/C15H8BrFN4/c16-9-6-12-13(7-10(9)17)21-15(20-12)8-2-1-3-11-14(8)19-5-4-18-11/h1-7H,(H,20,21). The molecule has 4 rings (SSSR count). The van der Waals surface area contributed by atoms with Gasteiger partial charge in [-0.2, -0.15) is 0 Å². The second-order valence-electron chi connectivity index (χ2n) is 4.60. The number of hydrogen-bond acceptors (Lipinski definition) is 3. The average molecular weight is 343 g/mol. The summed E-state index contributed by atoms with van der Waals surface area (Å²) in [6.45, 7) is 0. The molecular formula is C15H8BrFN4. The summed E-state index contributed by atoms with van der Waals surface area (Å²) < 4.78 is 14.0. The zero-order valence-corrected chi connectivity index (χ0v) is 12.2. The SMILES string of the molecule is Fc1cc2[nH]c(-c3cccc4nccnc34)nc2cc1Br. The van der Waals surface area contributed by atoms with Crippen molar-refractivity contribution in [3.8, 4) is 11.4 Å². The molecule has 0 fully saturated rings. The van der Waals surface area contributed by atoms with Gasteiger partial charge in [0.15, 0.2) is 0 Å². The topological polar surface area (TPSA) is 54.5 Å². The Morgan fingerprint density at radius 3 is 2.81 bits per heavy atom. The van der Waals surface area contributed by atoms with E-state index in [9.17, 15) is 4.39 Å². The third-order valence-electron chi connectivity index (χ3n) is 3.28. The van der Waals surface area contributed by atoms with E-state index in [1.807, 2.05) is 18.2 Å². The number of fused-ring (bicyclic) bond motifs is 2. The van der Waals surface area contributed by atoms with Crippen LogP contribution in [0.25, 0.3) is 33.5 Å². The van der Waals surface area contributed by atoms with E-state index in [0.717, 1.165) is 16.6 Å². The molecule has 0 aliphatic carbocycles. The number of hydrogen-bond donors (Lipinski definition) is 1. The average Bonchev–Trinajstić information content (AvgIpc) is 2.90. The molecule has 0 bridgehead atoms. The lowest BCUT2D eigenvalue weighted by Crippen LogP contribution is -1.87. The number of benzene rings is 2. The van der Waals surface area contributed by atoms with E-state index < -0.39 is 0 Å². The number of aromatic nitrogens is 4. The molecule has 0 amide bonds. The molecule has 21 heavy (non-hydrogen) atoms. The van der Waals surface area contributed by atoms with Gasteiger partial charge in [-0.25, -0.2) is 9.37 Å². The van der Waals surface area contributed by atoms with E-state index >= 15 is 0 Å². The Bertz CT molecular complexity index is 936. The van der Waals surface area contributed by atoms with Crippen LogP contribution >= 0.6 is 15.9 Å². The minimum atomic E-state index is -0.324. The molecule has 0 saturated heterocycles. The molecule has 2 heterocycles. The molecule has 0 radical (unpaired) electrons. The first-order valence-corrected chi connectivity index (χ1v) is 7.06. The van der Waals surface area contributed by atoms with Crippen LogP contribution in [0.3, 0.4) is 0 Å². The van der Waals surface area contributed by atoms with Crippen molar-refractivity contribution in [2.45, 2.75) is 0 Å². The Morgan fingerprint density at radius 2 is 1.90 bits per heavy atom. The normalized spacial score (nSPS) is 11.3. The third kappa shape index (κ3) is 1.99. The van der Waals surface area contributed by atoms with Crippen molar-refractivity contribution in [1.82, 2.24) is 19.9 Å². The van der Waals surface area contributed by atoms with Crippen LogP contribution in [0.15, 0.2) is 47.2 Å². The van der Waals surface area contributed by atoms with Crippen molar-refractivity contribution >= 4 is 38.0 Å². The summed E-state index contributed by atoms with van der Waals surface area (Å²) in [7, 11) is 0. The van der Waals surface area contributed by atoms with Gasteiger partial charge in [-0.05, 0) is 34.1 Å². The summed E-state index contributed by atoms with van der Waals surface area (Å²) in [4.78, 5) is 16.3. The number of halogens is 2. The quantitative estimate of drug-likeness (QED) is 0.567. The van der Waals surface area contributed by atoms with Crippen LogP contribution in [0.1, 0.15) is 0 Å².